The summed E-state index contributed by atoms with van der Waals surface area (Å²) in [6, 6.07) is 17.0. The number of aromatic nitrogens is 4. The number of fused-ring (bicyclic) bond motifs is 1. The predicted molar refractivity (Wildman–Crippen MR) is 121 cm³/mol. The third-order valence-electron chi connectivity index (χ3n) is 5.61. The molecule has 31 heavy (non-hydrogen) atoms. The number of nitrogens with one attached hydrogen (secondary N) is 1. The number of rotatable bonds is 9. The van der Waals surface area contributed by atoms with E-state index in [0.717, 1.165) is 30.4 Å². The highest BCUT2D eigenvalue weighted by molar-refractivity contribution is 6.05. The average Bonchev–Trinajstić information content (AvgIpc) is 3.41. The van der Waals surface area contributed by atoms with Crippen molar-refractivity contribution < 1.29 is 9.42 Å². The molecule has 0 bridgehead atoms. The fraction of sp³-hybridized carbons (Fsp3) is 0.333. The summed E-state index contributed by atoms with van der Waals surface area (Å²) < 4.78 is 7.19. The molecule has 0 saturated heterocycles. The van der Waals surface area contributed by atoms with Crippen molar-refractivity contribution in [1.29, 1.82) is 0 Å². The molecule has 1 N–H and O–H groups in total. The molecule has 0 fully saturated rings. The van der Waals surface area contributed by atoms with E-state index in [1.165, 1.54) is 12.8 Å². The minimum Gasteiger partial charge on any atom is -0.322 e. The Kier molecular flexibility index (Phi) is 6.40. The Morgan fingerprint density at radius 2 is 1.84 bits per heavy atom. The van der Waals surface area contributed by atoms with Gasteiger partial charge in [0.05, 0.1) is 11.0 Å². The fourth-order valence-corrected chi connectivity index (χ4v) is 3.80. The summed E-state index contributed by atoms with van der Waals surface area (Å²) in [5.41, 5.74) is 2.89. The SMILES string of the molecule is CCCC[C@H](CC)Cn1c(-c2nonc2NC(=O)c2ccccc2)nc2ccccc21. The highest BCUT2D eigenvalue weighted by Crippen LogP contribution is 2.30. The van der Waals surface area contributed by atoms with Gasteiger partial charge in [0.2, 0.25) is 5.82 Å². The highest BCUT2D eigenvalue weighted by Gasteiger charge is 2.23. The molecule has 0 spiro atoms. The van der Waals surface area contributed by atoms with Crippen LogP contribution in [-0.4, -0.2) is 25.8 Å². The van der Waals surface area contributed by atoms with Gasteiger partial charge in [-0.1, -0.05) is 63.4 Å². The lowest BCUT2D eigenvalue weighted by molar-refractivity contribution is 0.102. The summed E-state index contributed by atoms with van der Waals surface area (Å²) >= 11 is 0. The van der Waals surface area contributed by atoms with Gasteiger partial charge in [-0.05, 0) is 46.9 Å². The topological polar surface area (TPSA) is 85.8 Å². The van der Waals surface area contributed by atoms with Crippen LogP contribution in [0.4, 0.5) is 5.82 Å². The number of amides is 1. The second kappa shape index (κ2) is 9.55. The average molecular weight is 418 g/mol. The number of hydrogen-bond acceptors (Lipinski definition) is 5. The van der Waals surface area contributed by atoms with Gasteiger partial charge in [-0.25, -0.2) is 9.61 Å². The number of nitrogens with zero attached hydrogens (tertiary/aromatic N) is 4. The van der Waals surface area contributed by atoms with Gasteiger partial charge in [-0.2, -0.15) is 0 Å². The van der Waals surface area contributed by atoms with Crippen molar-refractivity contribution in [2.45, 2.75) is 46.1 Å². The molecule has 0 unspecified atom stereocenters. The summed E-state index contributed by atoms with van der Waals surface area (Å²) in [5.74, 6) is 1.18. The molecule has 1 amide bonds. The van der Waals surface area contributed by atoms with Crippen LogP contribution in [0.25, 0.3) is 22.6 Å². The molecule has 0 saturated carbocycles. The van der Waals surface area contributed by atoms with Crippen LogP contribution in [0.5, 0.6) is 0 Å². The summed E-state index contributed by atoms with van der Waals surface area (Å²) in [5, 5.41) is 10.9. The molecule has 2 aromatic heterocycles. The molecule has 4 aromatic rings. The predicted octanol–water partition coefficient (Wildman–Crippen LogP) is 5.56. The monoisotopic (exact) mass is 417 g/mol. The van der Waals surface area contributed by atoms with Gasteiger partial charge in [0.15, 0.2) is 11.5 Å². The molecule has 0 aliphatic heterocycles. The zero-order chi connectivity index (χ0) is 21.6. The highest BCUT2D eigenvalue weighted by atomic mass is 16.6. The molecular weight excluding hydrogens is 390 g/mol. The molecule has 2 heterocycles. The quantitative estimate of drug-likeness (QED) is 0.386. The lowest BCUT2D eigenvalue weighted by atomic mass is 9.99. The number of benzene rings is 2. The number of anilines is 1. The molecule has 0 radical (unpaired) electrons. The Balaban J connectivity index is 1.70. The Hall–Kier alpha value is -3.48. The van der Waals surface area contributed by atoms with E-state index < -0.39 is 0 Å². The van der Waals surface area contributed by atoms with Crippen molar-refractivity contribution in [3.05, 3.63) is 60.2 Å². The third-order valence-corrected chi connectivity index (χ3v) is 5.61. The van der Waals surface area contributed by atoms with Gasteiger partial charge in [0.1, 0.15) is 0 Å². The molecule has 7 heteroatoms. The van der Waals surface area contributed by atoms with Crippen LogP contribution in [0.2, 0.25) is 0 Å². The molecular formula is C24H27N5O2. The molecule has 0 aliphatic carbocycles. The standard InChI is InChI=1S/C24H27N5O2/c1-3-5-11-17(4-2)16-29-20-15-10-9-14-19(20)25-23(29)21-22(28-31-27-21)26-24(30)18-12-7-6-8-13-18/h6-10,12-15,17H,3-5,11,16H2,1-2H3,(H,26,28,30)/t17-/m0/s1. The lowest BCUT2D eigenvalue weighted by Gasteiger charge is -2.17. The second-order valence-electron chi connectivity index (χ2n) is 7.73. The maximum absolute atomic E-state index is 12.6. The van der Waals surface area contributed by atoms with Crippen LogP contribution in [0.15, 0.2) is 59.2 Å². The van der Waals surface area contributed by atoms with Crippen LogP contribution >= 0.6 is 0 Å². The van der Waals surface area contributed by atoms with E-state index in [1.54, 1.807) is 12.1 Å². The fourth-order valence-electron chi connectivity index (χ4n) is 3.80. The number of carbonyl (C=O) groups excluding carboxylic acids is 1. The van der Waals surface area contributed by atoms with E-state index in [-0.39, 0.29) is 11.7 Å². The summed E-state index contributed by atoms with van der Waals surface area (Å²) in [6.07, 6.45) is 4.62. The Morgan fingerprint density at radius 3 is 2.61 bits per heavy atom. The van der Waals surface area contributed by atoms with Gasteiger partial charge in [-0.3, -0.25) is 4.79 Å². The number of hydrogen-bond donors (Lipinski definition) is 1. The molecule has 4 rings (SSSR count). The largest absolute Gasteiger partial charge is 0.322 e. The maximum atomic E-state index is 12.6. The smallest absolute Gasteiger partial charge is 0.256 e. The van der Waals surface area contributed by atoms with Crippen LogP contribution in [-0.2, 0) is 6.54 Å². The maximum Gasteiger partial charge on any atom is 0.256 e. The Labute approximate surface area is 181 Å². The zero-order valence-corrected chi connectivity index (χ0v) is 17.9. The van der Waals surface area contributed by atoms with E-state index in [2.05, 4.69) is 40.1 Å². The lowest BCUT2D eigenvalue weighted by Crippen LogP contribution is -2.14. The van der Waals surface area contributed by atoms with E-state index >= 15 is 0 Å². The van der Waals surface area contributed by atoms with E-state index in [9.17, 15) is 4.79 Å². The van der Waals surface area contributed by atoms with E-state index in [1.807, 2.05) is 36.4 Å². The Bertz CT molecular complexity index is 1150. The summed E-state index contributed by atoms with van der Waals surface area (Å²) in [7, 11) is 0. The number of unbranched alkanes of at least 4 members (excludes halogenated alkanes) is 1. The summed E-state index contributed by atoms with van der Waals surface area (Å²) in [6.45, 7) is 5.26. The molecule has 2 aromatic carbocycles. The van der Waals surface area contributed by atoms with E-state index in [4.69, 9.17) is 9.61 Å². The van der Waals surface area contributed by atoms with Crippen molar-refractivity contribution in [3.8, 4) is 11.5 Å². The molecule has 160 valence electrons. The van der Waals surface area contributed by atoms with Crippen molar-refractivity contribution in [2.24, 2.45) is 5.92 Å². The van der Waals surface area contributed by atoms with Gasteiger partial charge < -0.3 is 9.88 Å². The minimum absolute atomic E-state index is 0.269. The normalized spacial score (nSPS) is 12.2. The van der Waals surface area contributed by atoms with Crippen LogP contribution < -0.4 is 5.32 Å². The van der Waals surface area contributed by atoms with Crippen LogP contribution in [0.1, 0.15) is 49.9 Å². The van der Waals surface area contributed by atoms with Gasteiger partial charge in [-0.15, -0.1) is 0 Å². The first kappa shape index (κ1) is 20.8. The van der Waals surface area contributed by atoms with E-state index in [0.29, 0.717) is 23.0 Å². The number of imidazole rings is 1. The van der Waals surface area contributed by atoms with Crippen LogP contribution in [0, 0.1) is 5.92 Å². The first-order chi connectivity index (χ1) is 15.2. The minimum atomic E-state index is -0.269. The number of para-hydroxylation sites is 2. The second-order valence-corrected chi connectivity index (χ2v) is 7.73. The molecule has 0 aliphatic rings. The number of carbonyl (C=O) groups is 1. The Morgan fingerprint density at radius 1 is 1.06 bits per heavy atom. The van der Waals surface area contributed by atoms with Gasteiger partial charge >= 0.3 is 0 Å². The van der Waals surface area contributed by atoms with Gasteiger partial charge in [0.25, 0.3) is 5.91 Å². The van der Waals surface area contributed by atoms with Crippen molar-refractivity contribution >= 4 is 22.8 Å². The first-order valence-electron chi connectivity index (χ1n) is 10.9. The van der Waals surface area contributed by atoms with Crippen LogP contribution in [0.3, 0.4) is 0 Å². The zero-order valence-electron chi connectivity index (χ0n) is 17.9. The van der Waals surface area contributed by atoms with Crippen molar-refractivity contribution in [1.82, 2.24) is 19.9 Å². The first-order valence-corrected chi connectivity index (χ1v) is 10.9. The van der Waals surface area contributed by atoms with Crippen molar-refractivity contribution in [3.63, 3.8) is 0 Å². The summed E-state index contributed by atoms with van der Waals surface area (Å²) in [4.78, 5) is 17.5. The third kappa shape index (κ3) is 4.50. The van der Waals surface area contributed by atoms with Crippen molar-refractivity contribution in [2.75, 3.05) is 5.32 Å². The molecule has 1 atom stereocenters. The van der Waals surface area contributed by atoms with Gasteiger partial charge in [0, 0.05) is 12.1 Å². The molecule has 7 nitrogen and oxygen atoms in total.